The molecule has 38 heavy (non-hydrogen) atoms. The molecule has 0 aliphatic carbocycles. The summed E-state index contributed by atoms with van der Waals surface area (Å²) < 4.78 is 62.6. The summed E-state index contributed by atoms with van der Waals surface area (Å²) in [5, 5.41) is 14.1. The van der Waals surface area contributed by atoms with Crippen molar-refractivity contribution in [1.82, 2.24) is 13.6 Å². The van der Waals surface area contributed by atoms with Crippen LogP contribution in [0.4, 0.5) is 5.69 Å². The Labute approximate surface area is 221 Å². The number of piperidine rings is 1. The molecule has 0 bridgehead atoms. The molecule has 204 valence electrons. The number of aromatic hydroxyl groups is 1. The summed E-state index contributed by atoms with van der Waals surface area (Å²) in [6, 6.07) is 11.2. The Morgan fingerprint density at radius 1 is 1.03 bits per heavy atom. The first kappa shape index (κ1) is 26.6. The van der Waals surface area contributed by atoms with Gasteiger partial charge in [0.05, 0.1) is 29.5 Å². The normalized spacial score (nSPS) is 20.2. The Balaban J connectivity index is 1.29. The predicted octanol–water partition coefficient (Wildman–Crippen LogP) is 1.58. The van der Waals surface area contributed by atoms with E-state index in [1.54, 1.807) is 41.9 Å². The minimum absolute atomic E-state index is 0.201. The van der Waals surface area contributed by atoms with Crippen molar-refractivity contribution in [2.45, 2.75) is 40.7 Å². The van der Waals surface area contributed by atoms with E-state index in [0.717, 1.165) is 0 Å². The molecule has 13 heteroatoms. The van der Waals surface area contributed by atoms with Crippen LogP contribution in [0.2, 0.25) is 0 Å². The molecular formula is C25H30N4O7S2. The molecule has 1 aromatic heterocycles. The number of fused-ring (bicyclic) bond motifs is 1. The highest BCUT2D eigenvalue weighted by Gasteiger charge is 2.45. The number of anilines is 1. The van der Waals surface area contributed by atoms with Crippen molar-refractivity contribution in [3.63, 3.8) is 0 Å². The van der Waals surface area contributed by atoms with E-state index in [4.69, 9.17) is 4.74 Å². The van der Waals surface area contributed by atoms with Gasteiger partial charge in [0.2, 0.25) is 25.5 Å². The number of para-hydroxylation sites is 2. The molecule has 2 fully saturated rings. The van der Waals surface area contributed by atoms with E-state index in [9.17, 15) is 26.7 Å². The number of benzene rings is 2. The van der Waals surface area contributed by atoms with Gasteiger partial charge in [-0.25, -0.2) is 21.6 Å². The Hall–Kier alpha value is -2.97. The number of nitrogens with one attached hydrogen (secondary N) is 2. The van der Waals surface area contributed by atoms with Crippen LogP contribution >= 0.6 is 0 Å². The Morgan fingerprint density at radius 2 is 1.74 bits per heavy atom. The van der Waals surface area contributed by atoms with Crippen molar-refractivity contribution in [3.8, 4) is 5.75 Å². The van der Waals surface area contributed by atoms with Crippen LogP contribution in [-0.2, 0) is 31.8 Å². The standard InChI is InChI=1S/C25H30N4O7S2/c1-26-37(32,33)21-9-5-7-19(24(21)31)27-17-14-25(36-16-17)10-12-29(13-11-25)38(34,35)22-15-28(2)20-8-4-3-6-18(20)23(22)30/h3-9,15,17,26-27,31H,10-14,16H2,1-2H3/t17-/m1/s1. The smallest absolute Gasteiger partial charge is 0.248 e. The van der Waals surface area contributed by atoms with Crippen molar-refractivity contribution in [2.75, 3.05) is 32.1 Å². The lowest BCUT2D eigenvalue weighted by molar-refractivity contribution is -0.0310. The third-order valence-electron chi connectivity index (χ3n) is 7.44. The van der Waals surface area contributed by atoms with Crippen LogP contribution in [0.15, 0.2) is 63.2 Å². The maximum Gasteiger partial charge on any atom is 0.248 e. The molecule has 2 aliphatic heterocycles. The molecule has 11 nitrogen and oxygen atoms in total. The average Bonchev–Trinajstić information content (AvgIpc) is 3.29. The molecule has 0 amide bonds. The molecule has 0 unspecified atom stereocenters. The highest BCUT2D eigenvalue weighted by atomic mass is 32.2. The van der Waals surface area contributed by atoms with Gasteiger partial charge in [-0.15, -0.1) is 0 Å². The van der Waals surface area contributed by atoms with Crippen molar-refractivity contribution in [1.29, 1.82) is 0 Å². The monoisotopic (exact) mass is 562 g/mol. The summed E-state index contributed by atoms with van der Waals surface area (Å²) in [4.78, 5) is 12.6. The van der Waals surface area contributed by atoms with Gasteiger partial charge >= 0.3 is 0 Å². The van der Waals surface area contributed by atoms with Crippen LogP contribution in [0, 0.1) is 0 Å². The SMILES string of the molecule is CNS(=O)(=O)c1cccc(N[C@H]2COC3(CCN(S(=O)(=O)c4cn(C)c5ccccc5c4=O)CC3)C2)c1O. The fraction of sp³-hybridized carbons (Fsp3) is 0.400. The molecule has 0 radical (unpaired) electrons. The number of ether oxygens (including phenoxy) is 1. The van der Waals surface area contributed by atoms with Gasteiger partial charge in [-0.05, 0) is 50.6 Å². The number of hydrogen-bond acceptors (Lipinski definition) is 8. The molecule has 3 aromatic rings. The minimum atomic E-state index is -4.01. The number of sulfonamides is 2. The Bertz CT molecular complexity index is 1660. The first-order chi connectivity index (χ1) is 18.0. The van der Waals surface area contributed by atoms with E-state index < -0.39 is 31.1 Å². The van der Waals surface area contributed by atoms with Gasteiger partial charge in [0.15, 0.2) is 5.75 Å². The van der Waals surface area contributed by atoms with Gasteiger partial charge in [0, 0.05) is 31.7 Å². The quantitative estimate of drug-likeness (QED) is 0.384. The van der Waals surface area contributed by atoms with Gasteiger partial charge in [0.1, 0.15) is 9.79 Å². The largest absolute Gasteiger partial charge is 0.504 e. The fourth-order valence-electron chi connectivity index (χ4n) is 5.34. The summed E-state index contributed by atoms with van der Waals surface area (Å²) in [5.74, 6) is -0.374. The summed E-state index contributed by atoms with van der Waals surface area (Å²) >= 11 is 0. The lowest BCUT2D eigenvalue weighted by Gasteiger charge is -2.38. The van der Waals surface area contributed by atoms with E-state index in [1.165, 1.54) is 29.7 Å². The van der Waals surface area contributed by atoms with Crippen molar-refractivity contribution < 1.29 is 26.7 Å². The Kier molecular flexibility index (Phi) is 6.76. The Morgan fingerprint density at radius 3 is 2.45 bits per heavy atom. The molecule has 1 atom stereocenters. The van der Waals surface area contributed by atoms with Crippen LogP contribution < -0.4 is 15.5 Å². The molecule has 2 aromatic carbocycles. The molecule has 2 aliphatic rings. The summed E-state index contributed by atoms with van der Waals surface area (Å²) in [5.41, 5.74) is -0.128. The summed E-state index contributed by atoms with van der Waals surface area (Å²) in [7, 11) is -4.85. The number of pyridine rings is 1. The predicted molar refractivity (Wildman–Crippen MR) is 142 cm³/mol. The van der Waals surface area contributed by atoms with Crippen LogP contribution in [-0.4, -0.2) is 69.2 Å². The second-order valence-corrected chi connectivity index (χ2v) is 13.5. The average molecular weight is 563 g/mol. The summed E-state index contributed by atoms with van der Waals surface area (Å²) in [6.07, 6.45) is 2.82. The number of phenolic OH excluding ortho intramolecular Hbond substituents is 1. The maximum absolute atomic E-state index is 13.5. The second kappa shape index (κ2) is 9.65. The zero-order chi connectivity index (χ0) is 27.3. The first-order valence-corrected chi connectivity index (χ1v) is 15.1. The van der Waals surface area contributed by atoms with E-state index in [1.807, 2.05) is 0 Å². The third-order valence-corrected chi connectivity index (χ3v) is 10.8. The molecular weight excluding hydrogens is 532 g/mol. The minimum Gasteiger partial charge on any atom is -0.504 e. The molecule has 5 rings (SSSR count). The number of phenols is 1. The second-order valence-electron chi connectivity index (χ2n) is 9.75. The fourth-order valence-corrected chi connectivity index (χ4v) is 7.76. The number of hydrogen-bond donors (Lipinski definition) is 3. The number of nitrogens with zero attached hydrogens (tertiary/aromatic N) is 2. The van der Waals surface area contributed by atoms with E-state index in [0.29, 0.717) is 36.8 Å². The van der Waals surface area contributed by atoms with E-state index in [2.05, 4.69) is 10.0 Å². The molecule has 1 spiro atoms. The van der Waals surface area contributed by atoms with Crippen LogP contribution in [0.5, 0.6) is 5.75 Å². The number of aryl methyl sites for hydroxylation is 1. The van der Waals surface area contributed by atoms with E-state index >= 15 is 0 Å². The van der Waals surface area contributed by atoms with Gasteiger partial charge in [-0.1, -0.05) is 18.2 Å². The molecule has 0 saturated carbocycles. The first-order valence-electron chi connectivity index (χ1n) is 12.2. The molecule has 3 N–H and O–H groups in total. The van der Waals surface area contributed by atoms with Gasteiger partial charge in [-0.3, -0.25) is 4.79 Å². The zero-order valence-corrected chi connectivity index (χ0v) is 22.7. The zero-order valence-electron chi connectivity index (χ0n) is 21.0. The van der Waals surface area contributed by atoms with Gasteiger partial charge in [0.25, 0.3) is 0 Å². The molecule has 2 saturated heterocycles. The van der Waals surface area contributed by atoms with Crippen LogP contribution in [0.3, 0.4) is 0 Å². The van der Waals surface area contributed by atoms with Gasteiger partial charge in [-0.2, -0.15) is 4.31 Å². The van der Waals surface area contributed by atoms with Crippen molar-refractivity contribution in [3.05, 3.63) is 58.9 Å². The van der Waals surface area contributed by atoms with Crippen molar-refractivity contribution >= 4 is 36.6 Å². The number of rotatable bonds is 6. The van der Waals surface area contributed by atoms with Crippen LogP contribution in [0.1, 0.15) is 19.3 Å². The third kappa shape index (κ3) is 4.58. The maximum atomic E-state index is 13.5. The highest BCUT2D eigenvalue weighted by Crippen LogP contribution is 2.39. The lowest BCUT2D eigenvalue weighted by atomic mass is 9.88. The topological polar surface area (TPSA) is 147 Å². The van der Waals surface area contributed by atoms with E-state index in [-0.39, 0.29) is 40.4 Å². The number of aromatic nitrogens is 1. The molecule has 3 heterocycles. The van der Waals surface area contributed by atoms with Crippen molar-refractivity contribution in [2.24, 2.45) is 7.05 Å². The highest BCUT2D eigenvalue weighted by molar-refractivity contribution is 7.89. The van der Waals surface area contributed by atoms with Gasteiger partial charge < -0.3 is 19.7 Å². The van der Waals surface area contributed by atoms with Crippen LogP contribution in [0.25, 0.3) is 10.9 Å². The lowest BCUT2D eigenvalue weighted by Crippen LogP contribution is -2.47. The summed E-state index contributed by atoms with van der Waals surface area (Å²) in [6.45, 7) is 0.721.